The molecule has 1 aliphatic rings. The number of anilines is 1. The Morgan fingerprint density at radius 3 is 2.80 bits per heavy atom. The second-order valence-electron chi connectivity index (χ2n) is 4.51. The summed E-state index contributed by atoms with van der Waals surface area (Å²) >= 11 is 3.66. The number of nitrogens with zero attached hydrogens (tertiary/aromatic N) is 2. The topological polar surface area (TPSA) is 64.1 Å². The van der Waals surface area contributed by atoms with Gasteiger partial charge in [0.15, 0.2) is 6.61 Å². The lowest BCUT2D eigenvalue weighted by Crippen LogP contribution is -2.20. The number of carbonyl (C=O) groups is 1. The van der Waals surface area contributed by atoms with Crippen LogP contribution < -0.4 is 10.1 Å². The van der Waals surface area contributed by atoms with Crippen LogP contribution in [-0.4, -0.2) is 22.7 Å². The molecule has 1 fully saturated rings. The first-order chi connectivity index (χ1) is 9.70. The van der Waals surface area contributed by atoms with Gasteiger partial charge in [-0.1, -0.05) is 11.3 Å². The lowest BCUT2D eigenvalue weighted by Gasteiger charge is -2.05. The van der Waals surface area contributed by atoms with Crippen molar-refractivity contribution in [3.8, 4) is 5.75 Å². The van der Waals surface area contributed by atoms with Gasteiger partial charge in [0.25, 0.3) is 5.91 Å². The Bertz CT molecular complexity index is 610. The molecule has 5 nitrogen and oxygen atoms in total. The lowest BCUT2D eigenvalue weighted by molar-refractivity contribution is -0.118. The van der Waals surface area contributed by atoms with Gasteiger partial charge in [0.2, 0.25) is 5.13 Å². The van der Waals surface area contributed by atoms with Gasteiger partial charge in [-0.15, -0.1) is 10.2 Å². The Morgan fingerprint density at radius 2 is 2.10 bits per heavy atom. The second-order valence-corrected chi connectivity index (χ2v) is 6.77. The Morgan fingerprint density at radius 1 is 1.35 bits per heavy atom. The summed E-state index contributed by atoms with van der Waals surface area (Å²) < 4.78 is 6.53. The number of benzene rings is 1. The predicted octanol–water partition coefficient (Wildman–Crippen LogP) is 3.04. The highest BCUT2D eigenvalue weighted by Crippen LogP contribution is 2.41. The molecule has 1 aromatic heterocycles. The third-order valence-corrected chi connectivity index (χ3v) is 4.52. The average molecular weight is 401 g/mol. The van der Waals surface area contributed by atoms with Crippen molar-refractivity contribution in [3.05, 3.63) is 32.8 Å². The molecule has 1 aromatic carbocycles. The van der Waals surface area contributed by atoms with Gasteiger partial charge in [0.05, 0.1) is 0 Å². The number of amides is 1. The molecule has 0 bridgehead atoms. The van der Waals surface area contributed by atoms with Crippen molar-refractivity contribution in [2.45, 2.75) is 18.8 Å². The lowest BCUT2D eigenvalue weighted by atomic mass is 10.3. The molecule has 7 heteroatoms. The van der Waals surface area contributed by atoms with Crippen LogP contribution >= 0.6 is 33.9 Å². The molecule has 0 unspecified atom stereocenters. The molecule has 3 rings (SSSR count). The molecule has 0 spiro atoms. The van der Waals surface area contributed by atoms with Crippen LogP contribution in [-0.2, 0) is 4.79 Å². The van der Waals surface area contributed by atoms with E-state index in [1.54, 1.807) is 0 Å². The van der Waals surface area contributed by atoms with Crippen LogP contribution in [0.2, 0.25) is 0 Å². The SMILES string of the molecule is O=C(COc1ccc(I)cc1)Nc1nnc(C2CC2)s1. The predicted molar refractivity (Wildman–Crippen MR) is 85.2 cm³/mol. The first kappa shape index (κ1) is 13.7. The highest BCUT2D eigenvalue weighted by Gasteiger charge is 2.27. The van der Waals surface area contributed by atoms with Gasteiger partial charge >= 0.3 is 0 Å². The summed E-state index contributed by atoms with van der Waals surface area (Å²) in [6.45, 7) is -0.0288. The van der Waals surface area contributed by atoms with Crippen molar-refractivity contribution in [1.29, 1.82) is 0 Å². The number of aromatic nitrogens is 2. The third-order valence-electron chi connectivity index (χ3n) is 2.80. The van der Waals surface area contributed by atoms with Gasteiger partial charge in [-0.2, -0.15) is 0 Å². The highest BCUT2D eigenvalue weighted by molar-refractivity contribution is 14.1. The van der Waals surface area contributed by atoms with E-state index >= 15 is 0 Å². The summed E-state index contributed by atoms with van der Waals surface area (Å²) in [5.74, 6) is 1.01. The zero-order chi connectivity index (χ0) is 13.9. The molecular weight excluding hydrogens is 389 g/mol. The zero-order valence-electron chi connectivity index (χ0n) is 10.5. The first-order valence-corrected chi connectivity index (χ1v) is 8.12. The van der Waals surface area contributed by atoms with Gasteiger partial charge in [-0.05, 0) is 59.7 Å². The smallest absolute Gasteiger partial charge is 0.264 e. The number of ether oxygens (including phenoxy) is 1. The largest absolute Gasteiger partial charge is 0.484 e. The van der Waals surface area contributed by atoms with Crippen LogP contribution in [0.1, 0.15) is 23.8 Å². The van der Waals surface area contributed by atoms with E-state index in [1.165, 1.54) is 24.2 Å². The normalized spacial score (nSPS) is 14.1. The molecule has 0 radical (unpaired) electrons. The van der Waals surface area contributed by atoms with Crippen LogP contribution in [0.5, 0.6) is 5.75 Å². The standard InChI is InChI=1S/C13H12IN3O2S/c14-9-3-5-10(6-4-9)19-7-11(18)15-13-17-16-12(20-13)8-1-2-8/h3-6,8H,1-2,7H2,(H,15,17,18). The van der Waals surface area contributed by atoms with E-state index in [0.29, 0.717) is 16.8 Å². The maximum Gasteiger partial charge on any atom is 0.264 e. The Hall–Kier alpha value is -1.22. The summed E-state index contributed by atoms with van der Waals surface area (Å²) in [6, 6.07) is 7.54. The molecule has 0 aliphatic heterocycles. The highest BCUT2D eigenvalue weighted by atomic mass is 127. The minimum absolute atomic E-state index is 0.0288. The van der Waals surface area contributed by atoms with Crippen LogP contribution in [0, 0.1) is 3.57 Å². The number of rotatable bonds is 5. The number of hydrogen-bond acceptors (Lipinski definition) is 5. The van der Waals surface area contributed by atoms with E-state index in [2.05, 4.69) is 38.1 Å². The van der Waals surface area contributed by atoms with E-state index in [0.717, 1.165) is 8.58 Å². The molecule has 1 saturated carbocycles. The van der Waals surface area contributed by atoms with Crippen molar-refractivity contribution in [1.82, 2.24) is 10.2 Å². The van der Waals surface area contributed by atoms with Crippen molar-refractivity contribution in [2.24, 2.45) is 0 Å². The van der Waals surface area contributed by atoms with Crippen molar-refractivity contribution in [2.75, 3.05) is 11.9 Å². The molecule has 1 N–H and O–H groups in total. The third kappa shape index (κ3) is 3.66. The van der Waals surface area contributed by atoms with Crippen LogP contribution in [0.3, 0.4) is 0 Å². The molecule has 104 valence electrons. The minimum atomic E-state index is -0.220. The second kappa shape index (κ2) is 6.04. The maximum absolute atomic E-state index is 11.7. The number of halogens is 1. The summed E-state index contributed by atoms with van der Waals surface area (Å²) in [4.78, 5) is 11.7. The molecular formula is C13H12IN3O2S. The number of hydrogen-bond donors (Lipinski definition) is 1. The van der Waals surface area contributed by atoms with E-state index in [1.807, 2.05) is 24.3 Å². The molecule has 1 heterocycles. The van der Waals surface area contributed by atoms with E-state index in [4.69, 9.17) is 4.74 Å². The Kier molecular flexibility index (Phi) is 4.16. The molecule has 20 heavy (non-hydrogen) atoms. The van der Waals surface area contributed by atoms with Gasteiger partial charge < -0.3 is 4.74 Å². The number of carbonyl (C=O) groups excluding carboxylic acids is 1. The van der Waals surface area contributed by atoms with E-state index in [9.17, 15) is 4.79 Å². The van der Waals surface area contributed by atoms with Gasteiger partial charge in [-0.3, -0.25) is 10.1 Å². The monoisotopic (exact) mass is 401 g/mol. The molecule has 0 saturated heterocycles. The average Bonchev–Trinajstić information content (AvgIpc) is 3.19. The van der Waals surface area contributed by atoms with E-state index in [-0.39, 0.29) is 12.5 Å². The maximum atomic E-state index is 11.7. The van der Waals surface area contributed by atoms with Gasteiger partial charge in [0, 0.05) is 9.49 Å². The summed E-state index contributed by atoms with van der Waals surface area (Å²) in [6.07, 6.45) is 2.36. The molecule has 1 amide bonds. The quantitative estimate of drug-likeness (QED) is 0.783. The Balaban J connectivity index is 1.49. The van der Waals surface area contributed by atoms with Crippen LogP contribution in [0.25, 0.3) is 0 Å². The van der Waals surface area contributed by atoms with Crippen LogP contribution in [0.15, 0.2) is 24.3 Å². The van der Waals surface area contributed by atoms with Crippen molar-refractivity contribution >= 4 is 45.0 Å². The first-order valence-electron chi connectivity index (χ1n) is 6.22. The van der Waals surface area contributed by atoms with Crippen LogP contribution in [0.4, 0.5) is 5.13 Å². The van der Waals surface area contributed by atoms with Gasteiger partial charge in [-0.25, -0.2) is 0 Å². The number of nitrogens with one attached hydrogen (secondary N) is 1. The molecule has 1 aliphatic carbocycles. The molecule has 2 aromatic rings. The summed E-state index contributed by atoms with van der Waals surface area (Å²) in [7, 11) is 0. The Labute approximate surface area is 133 Å². The molecule has 0 atom stereocenters. The zero-order valence-corrected chi connectivity index (χ0v) is 13.5. The van der Waals surface area contributed by atoms with Crippen molar-refractivity contribution in [3.63, 3.8) is 0 Å². The summed E-state index contributed by atoms with van der Waals surface area (Å²) in [5.41, 5.74) is 0. The fourth-order valence-corrected chi connectivity index (χ4v) is 2.90. The summed E-state index contributed by atoms with van der Waals surface area (Å²) in [5, 5.41) is 12.3. The fraction of sp³-hybridized carbons (Fsp3) is 0.308. The van der Waals surface area contributed by atoms with Gasteiger partial charge in [0.1, 0.15) is 10.8 Å². The fourth-order valence-electron chi connectivity index (χ4n) is 1.62. The van der Waals surface area contributed by atoms with E-state index < -0.39 is 0 Å². The van der Waals surface area contributed by atoms with Crippen molar-refractivity contribution < 1.29 is 9.53 Å². The minimum Gasteiger partial charge on any atom is -0.484 e.